The smallest absolute Gasteiger partial charge is 0.264 e. The van der Waals surface area contributed by atoms with Gasteiger partial charge in [-0.15, -0.1) is 11.3 Å². The molecule has 140 valence electrons. The second-order valence-corrected chi connectivity index (χ2v) is 7.40. The fourth-order valence-electron chi connectivity index (χ4n) is 3.01. The molecule has 0 atom stereocenters. The van der Waals surface area contributed by atoms with E-state index in [1.807, 2.05) is 23.1 Å². The van der Waals surface area contributed by atoms with Crippen molar-refractivity contribution in [2.75, 3.05) is 25.0 Å². The van der Waals surface area contributed by atoms with Crippen molar-refractivity contribution in [3.05, 3.63) is 46.3 Å². The molecule has 7 heteroatoms. The number of para-hydroxylation sites is 1. The number of hydrogen-bond acceptors (Lipinski definition) is 5. The van der Waals surface area contributed by atoms with Gasteiger partial charge >= 0.3 is 0 Å². The van der Waals surface area contributed by atoms with E-state index in [0.29, 0.717) is 26.8 Å². The summed E-state index contributed by atoms with van der Waals surface area (Å²) in [5.41, 5.74) is 0.964. The molecule has 1 saturated heterocycles. The summed E-state index contributed by atoms with van der Waals surface area (Å²) in [6, 6.07) is 11.1. The van der Waals surface area contributed by atoms with E-state index < -0.39 is 0 Å². The monoisotopic (exact) mass is 383 g/mol. The number of hydrogen-bond donors (Lipinski definition) is 1. The first kappa shape index (κ1) is 18.9. The fourth-order valence-corrected chi connectivity index (χ4v) is 4.15. The zero-order valence-electron chi connectivity index (χ0n) is 15.2. The lowest BCUT2D eigenvalue weighted by Crippen LogP contribution is -2.35. The Morgan fingerprint density at radius 2 is 1.93 bits per heavy atom. The summed E-state index contributed by atoms with van der Waals surface area (Å²) in [4.78, 5) is 27.3. The first-order chi connectivity index (χ1) is 13.1. The Hall–Kier alpha value is -2.85. The van der Waals surface area contributed by atoms with Gasteiger partial charge in [0.2, 0.25) is 0 Å². The average Bonchev–Trinajstić information content (AvgIpc) is 3.02. The third-order valence-electron chi connectivity index (χ3n) is 4.46. The van der Waals surface area contributed by atoms with E-state index in [1.54, 1.807) is 19.1 Å². The van der Waals surface area contributed by atoms with E-state index in [0.717, 1.165) is 43.7 Å². The zero-order chi connectivity index (χ0) is 19.2. The number of carbonyl (C=O) groups excluding carboxylic acids is 2. The van der Waals surface area contributed by atoms with Crippen molar-refractivity contribution < 1.29 is 14.3 Å². The van der Waals surface area contributed by atoms with Crippen LogP contribution in [0, 0.1) is 18.3 Å². The molecule has 1 aliphatic heterocycles. The van der Waals surface area contributed by atoms with Crippen LogP contribution in [0.25, 0.3) is 0 Å². The molecule has 3 rings (SSSR count). The molecule has 27 heavy (non-hydrogen) atoms. The number of ether oxygens (including phenoxy) is 1. The number of nitriles is 1. The van der Waals surface area contributed by atoms with Gasteiger partial charge in [0, 0.05) is 13.1 Å². The van der Waals surface area contributed by atoms with Crippen LogP contribution in [-0.2, 0) is 4.79 Å². The highest BCUT2D eigenvalue weighted by atomic mass is 32.1. The molecule has 2 amide bonds. The van der Waals surface area contributed by atoms with Gasteiger partial charge in [-0.05, 0) is 43.9 Å². The van der Waals surface area contributed by atoms with E-state index >= 15 is 0 Å². The van der Waals surface area contributed by atoms with E-state index in [-0.39, 0.29) is 18.4 Å². The summed E-state index contributed by atoms with van der Waals surface area (Å²) in [7, 11) is 0. The highest BCUT2D eigenvalue weighted by Crippen LogP contribution is 2.33. The van der Waals surface area contributed by atoms with Gasteiger partial charge in [-0.1, -0.05) is 18.2 Å². The van der Waals surface area contributed by atoms with Gasteiger partial charge in [-0.3, -0.25) is 9.59 Å². The largest absolute Gasteiger partial charge is 0.484 e. The summed E-state index contributed by atoms with van der Waals surface area (Å²) in [5, 5.41) is 12.6. The molecule has 1 aliphatic rings. The molecule has 2 heterocycles. The Morgan fingerprint density at radius 3 is 2.59 bits per heavy atom. The molecule has 0 unspecified atom stereocenters. The number of benzene rings is 1. The first-order valence-electron chi connectivity index (χ1n) is 8.90. The maximum absolute atomic E-state index is 12.8. The second kappa shape index (κ2) is 8.69. The van der Waals surface area contributed by atoms with Gasteiger partial charge in [-0.25, -0.2) is 0 Å². The SMILES string of the molecule is Cc1c(C(=O)N2CCCCC2)sc(NC(=O)COc2ccccc2)c1C#N. The number of rotatable bonds is 5. The minimum absolute atomic E-state index is 0.0604. The molecule has 0 bridgehead atoms. The number of amides is 2. The molecule has 2 aromatic rings. The second-order valence-electron chi connectivity index (χ2n) is 6.37. The summed E-state index contributed by atoms with van der Waals surface area (Å²) in [6.45, 7) is 3.07. The van der Waals surface area contributed by atoms with Crippen LogP contribution in [0.3, 0.4) is 0 Å². The molecular formula is C20H21N3O3S. The number of carbonyl (C=O) groups is 2. The number of anilines is 1. The Morgan fingerprint density at radius 1 is 1.22 bits per heavy atom. The number of nitrogens with zero attached hydrogens (tertiary/aromatic N) is 2. The number of thiophene rings is 1. The van der Waals surface area contributed by atoms with Crippen molar-refractivity contribution >= 4 is 28.2 Å². The fraction of sp³-hybridized carbons (Fsp3) is 0.350. The Bertz CT molecular complexity index is 865. The third kappa shape index (κ3) is 4.47. The lowest BCUT2D eigenvalue weighted by atomic mass is 10.1. The van der Waals surface area contributed by atoms with Crippen molar-refractivity contribution in [3.8, 4) is 11.8 Å². The highest BCUT2D eigenvalue weighted by molar-refractivity contribution is 7.18. The van der Waals surface area contributed by atoms with Crippen molar-refractivity contribution in [2.45, 2.75) is 26.2 Å². The summed E-state index contributed by atoms with van der Waals surface area (Å²) < 4.78 is 5.43. The van der Waals surface area contributed by atoms with E-state index in [9.17, 15) is 14.9 Å². The van der Waals surface area contributed by atoms with Crippen LogP contribution < -0.4 is 10.1 Å². The summed E-state index contributed by atoms with van der Waals surface area (Å²) in [5.74, 6) is 0.166. The van der Waals surface area contributed by atoms with Crippen LogP contribution >= 0.6 is 11.3 Å². The standard InChI is InChI=1S/C20H21N3O3S/c1-14-16(12-21)19(22-17(24)13-26-15-8-4-2-5-9-15)27-18(14)20(25)23-10-6-3-7-11-23/h2,4-5,8-9H,3,6-7,10-11,13H2,1H3,(H,22,24). The summed E-state index contributed by atoms with van der Waals surface area (Å²) >= 11 is 1.16. The van der Waals surface area contributed by atoms with Gasteiger partial charge in [0.1, 0.15) is 16.8 Å². The molecule has 0 spiro atoms. The van der Waals surface area contributed by atoms with Crippen LogP contribution in [0.15, 0.2) is 30.3 Å². The van der Waals surface area contributed by atoms with Crippen molar-refractivity contribution in [1.29, 1.82) is 5.26 Å². The number of piperidine rings is 1. The lowest BCUT2D eigenvalue weighted by Gasteiger charge is -2.26. The average molecular weight is 383 g/mol. The van der Waals surface area contributed by atoms with Crippen molar-refractivity contribution in [2.24, 2.45) is 0 Å². The predicted octanol–water partition coefficient (Wildman–Crippen LogP) is 3.57. The Labute approximate surface area is 162 Å². The normalized spacial score (nSPS) is 13.7. The number of nitrogens with one attached hydrogen (secondary N) is 1. The molecule has 1 N–H and O–H groups in total. The lowest BCUT2D eigenvalue weighted by molar-refractivity contribution is -0.118. The maximum Gasteiger partial charge on any atom is 0.264 e. The van der Waals surface area contributed by atoms with Crippen molar-refractivity contribution in [3.63, 3.8) is 0 Å². The van der Waals surface area contributed by atoms with Crippen LogP contribution in [-0.4, -0.2) is 36.4 Å². The van der Waals surface area contributed by atoms with Crippen LogP contribution in [0.4, 0.5) is 5.00 Å². The van der Waals surface area contributed by atoms with Crippen LogP contribution in [0.1, 0.15) is 40.1 Å². The van der Waals surface area contributed by atoms with E-state index in [1.165, 1.54) is 0 Å². The molecule has 0 saturated carbocycles. The molecule has 1 aromatic heterocycles. The zero-order valence-corrected chi connectivity index (χ0v) is 16.0. The third-order valence-corrected chi connectivity index (χ3v) is 5.66. The van der Waals surface area contributed by atoms with E-state index in [2.05, 4.69) is 11.4 Å². The first-order valence-corrected chi connectivity index (χ1v) is 9.72. The van der Waals surface area contributed by atoms with Gasteiger partial charge in [0.25, 0.3) is 11.8 Å². The minimum atomic E-state index is -0.367. The number of likely N-dealkylation sites (tertiary alicyclic amines) is 1. The topological polar surface area (TPSA) is 82.4 Å². The molecule has 1 aromatic carbocycles. The minimum Gasteiger partial charge on any atom is -0.484 e. The Kier molecular flexibility index (Phi) is 6.09. The summed E-state index contributed by atoms with van der Waals surface area (Å²) in [6.07, 6.45) is 3.14. The van der Waals surface area contributed by atoms with Crippen LogP contribution in [0.5, 0.6) is 5.75 Å². The van der Waals surface area contributed by atoms with Crippen molar-refractivity contribution in [1.82, 2.24) is 4.90 Å². The predicted molar refractivity (Wildman–Crippen MR) is 104 cm³/mol. The highest BCUT2D eigenvalue weighted by Gasteiger charge is 2.26. The van der Waals surface area contributed by atoms with Gasteiger partial charge < -0.3 is 15.0 Å². The van der Waals surface area contributed by atoms with Crippen LogP contribution in [0.2, 0.25) is 0 Å². The molecule has 6 nitrogen and oxygen atoms in total. The Balaban J connectivity index is 1.70. The molecular weight excluding hydrogens is 362 g/mol. The maximum atomic E-state index is 12.8. The molecule has 0 radical (unpaired) electrons. The van der Waals surface area contributed by atoms with Gasteiger partial charge in [-0.2, -0.15) is 5.26 Å². The van der Waals surface area contributed by atoms with Gasteiger partial charge in [0.05, 0.1) is 10.4 Å². The van der Waals surface area contributed by atoms with Gasteiger partial charge in [0.15, 0.2) is 6.61 Å². The quantitative estimate of drug-likeness (QED) is 0.856. The molecule has 1 fully saturated rings. The molecule has 0 aliphatic carbocycles. The van der Waals surface area contributed by atoms with E-state index in [4.69, 9.17) is 4.74 Å².